The minimum Gasteiger partial charge on any atom is -0.367 e. The minimum atomic E-state index is -3.39. The maximum atomic E-state index is 11.9. The average molecular weight is 295 g/mol. The Labute approximate surface area is 118 Å². The summed E-state index contributed by atoms with van der Waals surface area (Å²) < 4.78 is 30.6. The molecule has 1 N–H and O–H groups in total. The molecule has 0 aliphatic rings. The molecule has 0 aromatic heterocycles. The van der Waals surface area contributed by atoms with Gasteiger partial charge < -0.3 is 9.84 Å². The van der Waals surface area contributed by atoms with Crippen molar-refractivity contribution in [2.24, 2.45) is 0 Å². The third-order valence-electron chi connectivity index (χ3n) is 3.81. The Kier molecular flexibility index (Phi) is 7.50. The molecule has 0 spiro atoms. The van der Waals surface area contributed by atoms with Crippen LogP contribution in [0.15, 0.2) is 0 Å². The maximum Gasteiger partial charge on any atom is 0.211 e. The molecule has 0 bridgehead atoms. The Morgan fingerprint density at radius 2 is 1.74 bits per heavy atom. The Hall–Kier alpha value is -0.170. The standard InChI is InChI=1S/C13H29NO4S/c1-7-11(4)18-12(15)10-14(19(6,16)17)13(5,8-2)9-3/h11-12,15H,7-10H2,1-6H3. The van der Waals surface area contributed by atoms with E-state index in [2.05, 4.69) is 0 Å². The zero-order chi connectivity index (χ0) is 15.3. The zero-order valence-electron chi connectivity index (χ0n) is 13.0. The van der Waals surface area contributed by atoms with Crippen molar-refractivity contribution in [2.45, 2.75) is 71.8 Å². The van der Waals surface area contributed by atoms with Crippen LogP contribution in [0.5, 0.6) is 0 Å². The zero-order valence-corrected chi connectivity index (χ0v) is 13.8. The summed E-state index contributed by atoms with van der Waals surface area (Å²) in [5, 5.41) is 9.91. The van der Waals surface area contributed by atoms with E-state index in [0.29, 0.717) is 12.8 Å². The van der Waals surface area contributed by atoms with Gasteiger partial charge in [0.1, 0.15) is 0 Å². The Balaban J connectivity index is 5.00. The van der Waals surface area contributed by atoms with E-state index in [-0.39, 0.29) is 12.6 Å². The van der Waals surface area contributed by atoms with Crippen molar-refractivity contribution in [1.82, 2.24) is 4.31 Å². The smallest absolute Gasteiger partial charge is 0.211 e. The second-order valence-electron chi connectivity index (χ2n) is 5.31. The predicted molar refractivity (Wildman–Crippen MR) is 77.4 cm³/mol. The molecule has 0 aliphatic heterocycles. The Morgan fingerprint density at radius 1 is 1.26 bits per heavy atom. The van der Waals surface area contributed by atoms with Gasteiger partial charge in [-0.15, -0.1) is 0 Å². The molecule has 0 fully saturated rings. The summed E-state index contributed by atoms with van der Waals surface area (Å²) in [6.45, 7) is 9.57. The van der Waals surface area contributed by atoms with E-state index in [1.54, 1.807) is 0 Å². The van der Waals surface area contributed by atoms with Crippen LogP contribution in [0, 0.1) is 0 Å². The predicted octanol–water partition coefficient (Wildman–Crippen LogP) is 1.96. The Bertz CT molecular complexity index is 352. The minimum absolute atomic E-state index is 0.0264. The fourth-order valence-corrected chi connectivity index (χ4v) is 3.37. The molecular weight excluding hydrogens is 266 g/mol. The van der Waals surface area contributed by atoms with Gasteiger partial charge in [0, 0.05) is 5.54 Å². The summed E-state index contributed by atoms with van der Waals surface area (Å²) in [6, 6.07) is 0. The number of hydrogen-bond acceptors (Lipinski definition) is 4. The molecule has 2 atom stereocenters. The van der Waals surface area contributed by atoms with E-state index in [1.807, 2.05) is 34.6 Å². The summed E-state index contributed by atoms with van der Waals surface area (Å²) in [5.74, 6) is 0. The molecule has 0 amide bonds. The van der Waals surface area contributed by atoms with Crippen molar-refractivity contribution < 1.29 is 18.3 Å². The second kappa shape index (κ2) is 7.57. The van der Waals surface area contributed by atoms with Gasteiger partial charge in [-0.2, -0.15) is 4.31 Å². The van der Waals surface area contributed by atoms with E-state index in [4.69, 9.17) is 4.74 Å². The normalized spacial score (nSPS) is 16.6. The van der Waals surface area contributed by atoms with Crippen LogP contribution in [-0.2, 0) is 14.8 Å². The van der Waals surface area contributed by atoms with E-state index in [9.17, 15) is 13.5 Å². The van der Waals surface area contributed by atoms with E-state index in [0.717, 1.165) is 6.42 Å². The van der Waals surface area contributed by atoms with Crippen LogP contribution in [0.2, 0.25) is 0 Å². The molecular formula is C13H29NO4S. The fourth-order valence-electron chi connectivity index (χ4n) is 1.91. The van der Waals surface area contributed by atoms with Crippen LogP contribution in [0.4, 0.5) is 0 Å². The molecule has 6 heteroatoms. The number of hydrogen-bond donors (Lipinski definition) is 1. The lowest BCUT2D eigenvalue weighted by atomic mass is 9.95. The van der Waals surface area contributed by atoms with Crippen LogP contribution in [-0.4, -0.2) is 48.6 Å². The number of aliphatic hydroxyl groups excluding tert-OH is 1. The molecule has 19 heavy (non-hydrogen) atoms. The van der Waals surface area contributed by atoms with Crippen molar-refractivity contribution in [3.63, 3.8) is 0 Å². The van der Waals surface area contributed by atoms with Crippen LogP contribution in [0.25, 0.3) is 0 Å². The van der Waals surface area contributed by atoms with Crippen molar-refractivity contribution in [3.05, 3.63) is 0 Å². The van der Waals surface area contributed by atoms with Crippen LogP contribution in [0.3, 0.4) is 0 Å². The molecule has 116 valence electrons. The van der Waals surface area contributed by atoms with Gasteiger partial charge in [-0.1, -0.05) is 20.8 Å². The molecule has 2 unspecified atom stereocenters. The van der Waals surface area contributed by atoms with Gasteiger partial charge in [0.05, 0.1) is 18.9 Å². The van der Waals surface area contributed by atoms with E-state index >= 15 is 0 Å². The lowest BCUT2D eigenvalue weighted by Gasteiger charge is -2.39. The molecule has 0 saturated carbocycles. The van der Waals surface area contributed by atoms with Crippen LogP contribution in [0.1, 0.15) is 53.9 Å². The fraction of sp³-hybridized carbons (Fsp3) is 1.00. The van der Waals surface area contributed by atoms with Crippen molar-refractivity contribution in [1.29, 1.82) is 0 Å². The summed E-state index contributed by atoms with van der Waals surface area (Å²) in [5.41, 5.74) is -0.493. The van der Waals surface area contributed by atoms with Crippen molar-refractivity contribution in [2.75, 3.05) is 12.8 Å². The summed E-state index contributed by atoms with van der Waals surface area (Å²) in [6.07, 6.45) is 2.13. The highest BCUT2D eigenvalue weighted by molar-refractivity contribution is 7.88. The number of rotatable bonds is 9. The number of ether oxygens (including phenoxy) is 1. The maximum absolute atomic E-state index is 11.9. The van der Waals surface area contributed by atoms with Crippen LogP contribution >= 0.6 is 0 Å². The van der Waals surface area contributed by atoms with E-state index in [1.165, 1.54) is 10.6 Å². The molecule has 0 aromatic rings. The second-order valence-corrected chi connectivity index (χ2v) is 7.21. The average Bonchev–Trinajstić information content (AvgIpc) is 2.33. The highest BCUT2D eigenvalue weighted by Crippen LogP contribution is 2.26. The van der Waals surface area contributed by atoms with Crippen LogP contribution < -0.4 is 0 Å². The molecule has 0 saturated heterocycles. The van der Waals surface area contributed by atoms with Gasteiger partial charge in [0.15, 0.2) is 6.29 Å². The largest absolute Gasteiger partial charge is 0.367 e. The van der Waals surface area contributed by atoms with E-state index < -0.39 is 21.9 Å². The molecule has 0 radical (unpaired) electrons. The topological polar surface area (TPSA) is 66.8 Å². The van der Waals surface area contributed by atoms with Gasteiger partial charge in [-0.05, 0) is 33.1 Å². The molecule has 0 aliphatic carbocycles. The summed E-state index contributed by atoms with van der Waals surface area (Å²) in [7, 11) is -3.39. The number of nitrogens with zero attached hydrogens (tertiary/aromatic N) is 1. The summed E-state index contributed by atoms with van der Waals surface area (Å²) >= 11 is 0. The number of β-amino-alcohol motifs (C(OH)–C–C–N with tert-alkyl or cyclic N) is 1. The van der Waals surface area contributed by atoms with Gasteiger partial charge in [-0.25, -0.2) is 8.42 Å². The molecule has 0 heterocycles. The van der Waals surface area contributed by atoms with Gasteiger partial charge in [0.25, 0.3) is 0 Å². The summed E-state index contributed by atoms with van der Waals surface area (Å²) in [4.78, 5) is 0. The third kappa shape index (κ3) is 5.77. The van der Waals surface area contributed by atoms with Crippen molar-refractivity contribution >= 4 is 10.0 Å². The molecule has 5 nitrogen and oxygen atoms in total. The lowest BCUT2D eigenvalue weighted by Crippen LogP contribution is -2.52. The van der Waals surface area contributed by atoms with Crippen molar-refractivity contribution in [3.8, 4) is 0 Å². The quantitative estimate of drug-likeness (QED) is 0.660. The van der Waals surface area contributed by atoms with Gasteiger partial charge in [0.2, 0.25) is 10.0 Å². The SMILES string of the molecule is CCC(C)OC(O)CN(C(C)(CC)CC)S(C)(=O)=O. The lowest BCUT2D eigenvalue weighted by molar-refractivity contribution is -0.141. The number of aliphatic hydroxyl groups is 1. The highest BCUT2D eigenvalue weighted by Gasteiger charge is 2.36. The monoisotopic (exact) mass is 295 g/mol. The Morgan fingerprint density at radius 3 is 2.05 bits per heavy atom. The first-order valence-corrected chi connectivity index (χ1v) is 8.76. The highest BCUT2D eigenvalue weighted by atomic mass is 32.2. The van der Waals surface area contributed by atoms with Gasteiger partial charge >= 0.3 is 0 Å². The molecule has 0 aromatic carbocycles. The van der Waals surface area contributed by atoms with Gasteiger partial charge in [-0.3, -0.25) is 0 Å². The molecule has 0 rings (SSSR count). The number of sulfonamides is 1. The first-order valence-electron chi connectivity index (χ1n) is 6.92. The first-order chi connectivity index (χ1) is 8.60. The first kappa shape index (κ1) is 18.8. The third-order valence-corrected chi connectivity index (χ3v) is 5.20.